The van der Waals surface area contributed by atoms with E-state index in [1.54, 1.807) is 16.9 Å². The maximum absolute atomic E-state index is 14.0. The zero-order chi connectivity index (χ0) is 29.5. The minimum Gasteiger partial charge on any atom is -0.496 e. The molecule has 0 saturated carbocycles. The Morgan fingerprint density at radius 1 is 0.929 bits per heavy atom. The Kier molecular flexibility index (Phi) is 8.95. The van der Waals surface area contributed by atoms with E-state index in [1.165, 1.54) is 5.56 Å². The average Bonchev–Trinajstić information content (AvgIpc) is 3.28. The van der Waals surface area contributed by atoms with Crippen LogP contribution in [0.1, 0.15) is 30.9 Å². The van der Waals surface area contributed by atoms with E-state index in [-0.39, 0.29) is 24.4 Å². The number of aryl methyl sites for hydroxylation is 1. The molecule has 5 rings (SSSR count). The van der Waals surface area contributed by atoms with Crippen molar-refractivity contribution in [3.8, 4) is 5.75 Å². The smallest absolute Gasteiger partial charge is 0.321 e. The molecule has 9 heteroatoms. The lowest BCUT2D eigenvalue weighted by atomic mass is 9.85. The van der Waals surface area contributed by atoms with Crippen LogP contribution in [0.4, 0.5) is 16.2 Å². The van der Waals surface area contributed by atoms with Gasteiger partial charge in [0.05, 0.1) is 13.8 Å². The number of benzene rings is 3. The molecule has 1 spiro atoms. The van der Waals surface area contributed by atoms with E-state index >= 15 is 0 Å². The third-order valence-electron chi connectivity index (χ3n) is 8.32. The van der Waals surface area contributed by atoms with Crippen molar-refractivity contribution in [2.24, 2.45) is 0 Å². The first-order valence-electron chi connectivity index (χ1n) is 14.6. The van der Waals surface area contributed by atoms with Crippen LogP contribution in [0.5, 0.6) is 5.75 Å². The molecule has 3 aromatic carbocycles. The Bertz CT molecular complexity index is 1390. The van der Waals surface area contributed by atoms with Crippen molar-refractivity contribution in [1.82, 2.24) is 15.1 Å². The van der Waals surface area contributed by atoms with E-state index in [1.807, 2.05) is 78.9 Å². The minimum absolute atomic E-state index is 0.0200. The molecule has 0 atom stereocenters. The number of nitrogens with one attached hydrogen (secondary N) is 2. The van der Waals surface area contributed by atoms with Crippen molar-refractivity contribution in [3.63, 3.8) is 0 Å². The Hall–Kier alpha value is -4.53. The van der Waals surface area contributed by atoms with Crippen LogP contribution in [0.15, 0.2) is 78.9 Å². The highest BCUT2D eigenvalue weighted by Gasteiger charge is 2.54. The summed E-state index contributed by atoms with van der Waals surface area (Å²) in [5.41, 5.74) is 3.10. The van der Waals surface area contributed by atoms with Gasteiger partial charge in [0.1, 0.15) is 17.8 Å². The topological polar surface area (TPSA) is 94.2 Å². The first kappa shape index (κ1) is 29.0. The van der Waals surface area contributed by atoms with Gasteiger partial charge in [-0.05, 0) is 67.1 Å². The molecule has 42 heavy (non-hydrogen) atoms. The summed E-state index contributed by atoms with van der Waals surface area (Å²) in [4.78, 5) is 45.5. The van der Waals surface area contributed by atoms with Gasteiger partial charge < -0.3 is 30.1 Å². The Labute approximate surface area is 247 Å². The van der Waals surface area contributed by atoms with E-state index in [0.29, 0.717) is 45.6 Å². The number of anilines is 2. The van der Waals surface area contributed by atoms with Crippen LogP contribution in [0.3, 0.4) is 0 Å². The molecule has 2 fully saturated rings. The minimum atomic E-state index is -0.807. The van der Waals surface area contributed by atoms with Crippen molar-refractivity contribution in [2.45, 2.75) is 38.1 Å². The number of ether oxygens (including phenoxy) is 1. The van der Waals surface area contributed by atoms with Gasteiger partial charge in [-0.3, -0.25) is 9.59 Å². The summed E-state index contributed by atoms with van der Waals surface area (Å²) >= 11 is 0. The number of urea groups is 1. The van der Waals surface area contributed by atoms with Gasteiger partial charge >= 0.3 is 6.03 Å². The van der Waals surface area contributed by atoms with Crippen LogP contribution >= 0.6 is 0 Å². The molecular weight excluding hydrogens is 530 g/mol. The molecule has 0 bridgehead atoms. The molecule has 0 radical (unpaired) electrons. The van der Waals surface area contributed by atoms with Crippen molar-refractivity contribution in [2.75, 3.05) is 50.2 Å². The molecule has 220 valence electrons. The number of carbonyl (C=O) groups is 3. The monoisotopic (exact) mass is 569 g/mol. The van der Waals surface area contributed by atoms with Gasteiger partial charge in [0.25, 0.3) is 5.91 Å². The molecule has 9 nitrogen and oxygen atoms in total. The van der Waals surface area contributed by atoms with E-state index in [2.05, 4.69) is 22.5 Å². The largest absolute Gasteiger partial charge is 0.496 e. The number of methoxy groups -OCH3 is 1. The first-order valence-corrected chi connectivity index (χ1v) is 14.6. The summed E-state index contributed by atoms with van der Waals surface area (Å²) in [5, 5.41) is 5.95. The summed E-state index contributed by atoms with van der Waals surface area (Å²) in [7, 11) is 1.63. The molecule has 2 N–H and O–H groups in total. The standard InChI is InChI=1S/C33H39N5O4/c1-3-25-13-15-27(16-14-25)35-32(41)36-21-18-33(19-22-36)31(40)37(24-38(33)28-10-5-4-6-11-28)23-30(39)34-20-17-26-9-7-8-12-29(26)42-2/h4-16H,3,17-24H2,1-2H3,(H,34,39)(H,35,41). The molecule has 0 unspecified atom stereocenters. The molecule has 0 aromatic heterocycles. The average molecular weight is 570 g/mol. The quantitative estimate of drug-likeness (QED) is 0.401. The van der Waals surface area contributed by atoms with E-state index in [0.717, 1.165) is 29.1 Å². The second kappa shape index (κ2) is 13.0. The number of piperidine rings is 1. The normalized spacial score (nSPS) is 16.0. The summed E-state index contributed by atoms with van der Waals surface area (Å²) in [6.07, 6.45) is 2.53. The second-order valence-electron chi connectivity index (χ2n) is 10.8. The van der Waals surface area contributed by atoms with Crippen LogP contribution in [-0.2, 0) is 22.4 Å². The maximum atomic E-state index is 14.0. The third-order valence-corrected chi connectivity index (χ3v) is 8.32. The maximum Gasteiger partial charge on any atom is 0.321 e. The van der Waals surface area contributed by atoms with E-state index in [4.69, 9.17) is 4.74 Å². The molecule has 0 aliphatic carbocycles. The third kappa shape index (κ3) is 6.20. The lowest BCUT2D eigenvalue weighted by Gasteiger charge is -2.43. The molecule has 2 heterocycles. The summed E-state index contributed by atoms with van der Waals surface area (Å²) < 4.78 is 5.40. The molecule has 2 aliphatic heterocycles. The number of nitrogens with zero attached hydrogens (tertiary/aromatic N) is 3. The van der Waals surface area contributed by atoms with Crippen LogP contribution in [0.25, 0.3) is 0 Å². The van der Waals surface area contributed by atoms with Crippen LogP contribution in [0, 0.1) is 0 Å². The summed E-state index contributed by atoms with van der Waals surface area (Å²) in [6, 6.07) is 25.3. The lowest BCUT2D eigenvalue weighted by Crippen LogP contribution is -2.58. The number of amides is 4. The second-order valence-corrected chi connectivity index (χ2v) is 10.8. The highest BCUT2D eigenvalue weighted by Crippen LogP contribution is 2.39. The first-order chi connectivity index (χ1) is 20.4. The number of hydrogen-bond acceptors (Lipinski definition) is 5. The molecule has 4 amide bonds. The van der Waals surface area contributed by atoms with Crippen molar-refractivity contribution in [1.29, 1.82) is 0 Å². The Balaban J connectivity index is 1.23. The van der Waals surface area contributed by atoms with Crippen LogP contribution in [-0.4, -0.2) is 73.1 Å². The van der Waals surface area contributed by atoms with Gasteiger partial charge in [-0.1, -0.05) is 55.5 Å². The molecule has 2 aliphatic rings. The Morgan fingerprint density at radius 3 is 2.31 bits per heavy atom. The van der Waals surface area contributed by atoms with Gasteiger partial charge in [0, 0.05) is 31.0 Å². The van der Waals surface area contributed by atoms with Crippen LogP contribution < -0.4 is 20.3 Å². The number of likely N-dealkylation sites (tertiary alicyclic amines) is 1. The van der Waals surface area contributed by atoms with Gasteiger partial charge in [-0.25, -0.2) is 4.79 Å². The number of carbonyl (C=O) groups excluding carboxylic acids is 3. The fraction of sp³-hybridized carbons (Fsp3) is 0.364. The number of para-hydroxylation sites is 2. The molecule has 2 saturated heterocycles. The molecule has 3 aromatic rings. The number of rotatable bonds is 9. The SMILES string of the molecule is CCc1ccc(NC(=O)N2CCC3(CC2)C(=O)N(CC(=O)NCCc2ccccc2OC)CN3c2ccccc2)cc1. The number of hydrogen-bond donors (Lipinski definition) is 2. The van der Waals surface area contributed by atoms with Gasteiger partial charge in [0.15, 0.2) is 0 Å². The molecular formula is C33H39N5O4. The van der Waals surface area contributed by atoms with E-state index in [9.17, 15) is 14.4 Å². The van der Waals surface area contributed by atoms with Gasteiger partial charge in [-0.15, -0.1) is 0 Å². The predicted octanol–water partition coefficient (Wildman–Crippen LogP) is 4.29. The highest BCUT2D eigenvalue weighted by atomic mass is 16.5. The Morgan fingerprint density at radius 2 is 1.62 bits per heavy atom. The lowest BCUT2D eigenvalue weighted by molar-refractivity contribution is -0.137. The van der Waals surface area contributed by atoms with Crippen molar-refractivity contribution < 1.29 is 19.1 Å². The summed E-state index contributed by atoms with van der Waals surface area (Å²) in [5.74, 6) is 0.520. The van der Waals surface area contributed by atoms with Gasteiger partial charge in [0.2, 0.25) is 5.91 Å². The summed E-state index contributed by atoms with van der Waals surface area (Å²) in [6.45, 7) is 3.71. The zero-order valence-electron chi connectivity index (χ0n) is 24.3. The fourth-order valence-corrected chi connectivity index (χ4v) is 5.90. The predicted molar refractivity (Wildman–Crippen MR) is 164 cm³/mol. The van der Waals surface area contributed by atoms with E-state index < -0.39 is 5.54 Å². The van der Waals surface area contributed by atoms with Crippen molar-refractivity contribution >= 4 is 29.2 Å². The zero-order valence-corrected chi connectivity index (χ0v) is 24.3. The van der Waals surface area contributed by atoms with Crippen molar-refractivity contribution in [3.05, 3.63) is 90.0 Å². The van der Waals surface area contributed by atoms with Crippen LogP contribution in [0.2, 0.25) is 0 Å². The fourth-order valence-electron chi connectivity index (χ4n) is 5.90. The van der Waals surface area contributed by atoms with Gasteiger partial charge in [-0.2, -0.15) is 0 Å². The highest BCUT2D eigenvalue weighted by molar-refractivity contribution is 5.97.